The second-order valence-electron chi connectivity index (χ2n) is 5.98. The van der Waals surface area contributed by atoms with Crippen LogP contribution in [0.2, 0.25) is 0 Å². The first-order valence-corrected chi connectivity index (χ1v) is 7.64. The van der Waals surface area contributed by atoms with Gasteiger partial charge in [0.2, 0.25) is 0 Å². The first-order chi connectivity index (χ1) is 10.7. The molecule has 22 heavy (non-hydrogen) atoms. The number of carbonyl (C=O) groups excluding carboxylic acids is 1. The molecule has 2 fully saturated rings. The number of pyridine rings is 1. The molecule has 0 spiro atoms. The van der Waals surface area contributed by atoms with Crippen molar-refractivity contribution in [2.45, 2.75) is 25.4 Å². The Morgan fingerprint density at radius 1 is 1.41 bits per heavy atom. The van der Waals surface area contributed by atoms with Gasteiger partial charge < -0.3 is 14.6 Å². The largest absolute Gasteiger partial charge is 0.432 e. The van der Waals surface area contributed by atoms with Crippen LogP contribution in [-0.4, -0.2) is 45.9 Å². The van der Waals surface area contributed by atoms with E-state index < -0.39 is 0 Å². The van der Waals surface area contributed by atoms with Gasteiger partial charge in [0.1, 0.15) is 0 Å². The van der Waals surface area contributed by atoms with Crippen molar-refractivity contribution in [1.82, 2.24) is 20.2 Å². The molecule has 0 aromatic carbocycles. The summed E-state index contributed by atoms with van der Waals surface area (Å²) in [6, 6.07) is 4.41. The Bertz CT molecular complexity index is 684. The summed E-state index contributed by atoms with van der Waals surface area (Å²) in [5.41, 5.74) is 0.872. The predicted molar refractivity (Wildman–Crippen MR) is 80.1 cm³/mol. The first-order valence-electron chi connectivity index (χ1n) is 7.64. The number of amides is 1. The molecule has 0 saturated carbocycles. The minimum absolute atomic E-state index is 0.108. The van der Waals surface area contributed by atoms with E-state index >= 15 is 0 Å². The molecule has 3 atom stereocenters. The summed E-state index contributed by atoms with van der Waals surface area (Å²) in [7, 11) is 0. The van der Waals surface area contributed by atoms with Crippen molar-refractivity contribution < 1.29 is 9.21 Å². The Morgan fingerprint density at radius 2 is 2.23 bits per heavy atom. The fourth-order valence-corrected chi connectivity index (χ4v) is 3.58. The van der Waals surface area contributed by atoms with Crippen LogP contribution in [0.4, 0.5) is 0 Å². The van der Waals surface area contributed by atoms with Crippen LogP contribution >= 0.6 is 0 Å². The van der Waals surface area contributed by atoms with Gasteiger partial charge in [0.05, 0.1) is 6.20 Å². The Hall–Kier alpha value is -2.21. The summed E-state index contributed by atoms with van der Waals surface area (Å²) >= 11 is 0. The molecule has 4 heterocycles. The first kappa shape index (κ1) is 13.5. The van der Waals surface area contributed by atoms with Crippen molar-refractivity contribution in [3.63, 3.8) is 0 Å². The van der Waals surface area contributed by atoms with E-state index in [9.17, 15) is 4.79 Å². The molecular weight excluding hydrogens is 280 g/mol. The van der Waals surface area contributed by atoms with Crippen molar-refractivity contribution in [1.29, 1.82) is 0 Å². The third-order valence-corrected chi connectivity index (χ3v) is 4.80. The number of fused-ring (bicyclic) bond motifs is 1. The number of likely N-dealkylation sites (tertiary alicyclic amines) is 1. The normalized spacial score (nSPS) is 27.1. The van der Waals surface area contributed by atoms with Gasteiger partial charge in [-0.05, 0) is 31.4 Å². The van der Waals surface area contributed by atoms with Crippen LogP contribution in [0, 0.1) is 5.92 Å². The van der Waals surface area contributed by atoms with Gasteiger partial charge in [0.15, 0.2) is 5.76 Å². The summed E-state index contributed by atoms with van der Waals surface area (Å²) in [6.07, 6.45) is 6.03. The Kier molecular flexibility index (Phi) is 3.18. The standard InChI is InChI=1S/C16H18N4O2/c1-10-12-4-7-20(13(12)8-18-10)16(21)15-19-9-14(22-15)11-2-5-17-6-3-11/h2-3,5-6,9-10,12-13,18H,4,7-8H2,1H3/t10-,12-,13+/m1/s1. The number of oxazole rings is 1. The van der Waals surface area contributed by atoms with Gasteiger partial charge in [0.25, 0.3) is 5.89 Å². The van der Waals surface area contributed by atoms with Crippen molar-refractivity contribution in [3.8, 4) is 11.3 Å². The maximum Gasteiger partial charge on any atom is 0.310 e. The molecule has 0 bridgehead atoms. The fraction of sp³-hybridized carbons (Fsp3) is 0.438. The van der Waals surface area contributed by atoms with E-state index in [0.717, 1.165) is 25.1 Å². The molecule has 1 N–H and O–H groups in total. The Morgan fingerprint density at radius 3 is 3.05 bits per heavy atom. The summed E-state index contributed by atoms with van der Waals surface area (Å²) in [4.78, 5) is 22.7. The van der Waals surface area contributed by atoms with Crippen molar-refractivity contribution >= 4 is 5.91 Å². The average Bonchev–Trinajstić information content (AvgIpc) is 3.25. The third-order valence-electron chi connectivity index (χ3n) is 4.80. The molecule has 1 amide bonds. The quantitative estimate of drug-likeness (QED) is 0.911. The SMILES string of the molecule is C[C@H]1NC[C@H]2[C@@H]1CCN2C(=O)c1ncc(-c2ccncc2)o1. The van der Waals surface area contributed by atoms with Gasteiger partial charge in [-0.15, -0.1) is 0 Å². The highest BCUT2D eigenvalue weighted by molar-refractivity contribution is 5.90. The minimum Gasteiger partial charge on any atom is -0.432 e. The predicted octanol–water partition coefficient (Wildman–Crippen LogP) is 1.56. The van der Waals surface area contributed by atoms with Crippen LogP contribution in [0.25, 0.3) is 11.3 Å². The molecule has 0 unspecified atom stereocenters. The second kappa shape index (κ2) is 5.21. The van der Waals surface area contributed by atoms with Crippen LogP contribution in [0.1, 0.15) is 24.0 Å². The van der Waals surface area contributed by atoms with Crippen LogP contribution in [0.15, 0.2) is 35.1 Å². The third kappa shape index (κ3) is 2.11. The zero-order valence-corrected chi connectivity index (χ0v) is 12.4. The highest BCUT2D eigenvalue weighted by Crippen LogP contribution is 2.32. The number of hydrogen-bond donors (Lipinski definition) is 1. The van der Waals surface area contributed by atoms with Gasteiger partial charge >= 0.3 is 5.91 Å². The molecule has 4 rings (SSSR count). The molecule has 2 aliphatic heterocycles. The van der Waals surface area contributed by atoms with Gasteiger partial charge in [-0.3, -0.25) is 9.78 Å². The molecule has 0 radical (unpaired) electrons. The maximum atomic E-state index is 12.7. The van der Waals surface area contributed by atoms with Crippen LogP contribution in [0.5, 0.6) is 0 Å². The molecule has 2 aromatic rings. The van der Waals surface area contributed by atoms with E-state index in [1.54, 1.807) is 18.6 Å². The van der Waals surface area contributed by atoms with Gasteiger partial charge in [0, 0.05) is 43.1 Å². The summed E-state index contributed by atoms with van der Waals surface area (Å²) in [5.74, 6) is 1.20. The molecule has 2 saturated heterocycles. The monoisotopic (exact) mass is 298 g/mol. The van der Waals surface area contributed by atoms with Crippen LogP contribution in [-0.2, 0) is 0 Å². The molecule has 2 aliphatic rings. The van der Waals surface area contributed by atoms with Gasteiger partial charge in [-0.25, -0.2) is 4.98 Å². The average molecular weight is 298 g/mol. The molecule has 114 valence electrons. The summed E-state index contributed by atoms with van der Waals surface area (Å²) in [5, 5.41) is 3.44. The lowest BCUT2D eigenvalue weighted by Gasteiger charge is -2.21. The molecule has 2 aromatic heterocycles. The second-order valence-corrected chi connectivity index (χ2v) is 5.98. The lowest BCUT2D eigenvalue weighted by Crippen LogP contribution is -2.39. The smallest absolute Gasteiger partial charge is 0.310 e. The zero-order chi connectivity index (χ0) is 15.1. The maximum absolute atomic E-state index is 12.7. The van der Waals surface area contributed by atoms with Gasteiger partial charge in [-0.2, -0.15) is 0 Å². The van der Waals surface area contributed by atoms with E-state index in [1.165, 1.54) is 0 Å². The molecular formula is C16H18N4O2. The van der Waals surface area contributed by atoms with E-state index in [4.69, 9.17) is 4.42 Å². The van der Waals surface area contributed by atoms with Crippen LogP contribution in [0.3, 0.4) is 0 Å². The molecule has 6 nitrogen and oxygen atoms in total. The van der Waals surface area contributed by atoms with E-state index in [0.29, 0.717) is 17.7 Å². The summed E-state index contributed by atoms with van der Waals surface area (Å²) < 4.78 is 5.67. The molecule has 6 heteroatoms. The summed E-state index contributed by atoms with van der Waals surface area (Å²) in [6.45, 7) is 3.83. The lowest BCUT2D eigenvalue weighted by molar-refractivity contribution is 0.0697. The van der Waals surface area contributed by atoms with Crippen molar-refractivity contribution in [3.05, 3.63) is 36.6 Å². The topological polar surface area (TPSA) is 71.3 Å². The highest BCUT2D eigenvalue weighted by Gasteiger charge is 2.44. The Balaban J connectivity index is 1.56. The van der Waals surface area contributed by atoms with E-state index in [2.05, 4.69) is 22.2 Å². The number of nitrogens with zero attached hydrogens (tertiary/aromatic N) is 3. The van der Waals surface area contributed by atoms with Crippen LogP contribution < -0.4 is 5.32 Å². The lowest BCUT2D eigenvalue weighted by atomic mass is 9.98. The highest BCUT2D eigenvalue weighted by atomic mass is 16.4. The fourth-order valence-electron chi connectivity index (χ4n) is 3.58. The van der Waals surface area contributed by atoms with E-state index in [-0.39, 0.29) is 17.8 Å². The Labute approximate surface area is 128 Å². The van der Waals surface area contributed by atoms with Crippen molar-refractivity contribution in [2.75, 3.05) is 13.1 Å². The van der Waals surface area contributed by atoms with Gasteiger partial charge in [-0.1, -0.05) is 0 Å². The number of aromatic nitrogens is 2. The molecule has 0 aliphatic carbocycles. The zero-order valence-electron chi connectivity index (χ0n) is 12.4. The number of carbonyl (C=O) groups is 1. The number of nitrogens with one attached hydrogen (secondary N) is 1. The number of hydrogen-bond acceptors (Lipinski definition) is 5. The number of rotatable bonds is 2. The minimum atomic E-state index is -0.108. The van der Waals surface area contributed by atoms with E-state index in [1.807, 2.05) is 17.0 Å². The van der Waals surface area contributed by atoms with Crippen molar-refractivity contribution in [2.24, 2.45) is 5.92 Å².